The minimum absolute atomic E-state index is 0.173. The van der Waals surface area contributed by atoms with Gasteiger partial charge in [-0.05, 0) is 5.92 Å². The molecule has 0 aromatic rings. The summed E-state index contributed by atoms with van der Waals surface area (Å²) >= 11 is 0. The predicted octanol–water partition coefficient (Wildman–Crippen LogP) is 2.35. The fraction of sp³-hybridized carbons (Fsp3) is 1.00. The fourth-order valence-electron chi connectivity index (χ4n) is 0.833. The van der Waals surface area contributed by atoms with E-state index in [9.17, 15) is 4.39 Å². The van der Waals surface area contributed by atoms with Gasteiger partial charge in [0.1, 0.15) is 0 Å². The van der Waals surface area contributed by atoms with E-state index in [0.717, 1.165) is 0 Å². The topological polar surface area (TPSA) is 20.2 Å². The molecule has 0 aromatic carbocycles. The maximum atomic E-state index is 13.0. The summed E-state index contributed by atoms with van der Waals surface area (Å²) in [6.07, 6.45) is 0.173. The lowest BCUT2D eigenvalue weighted by molar-refractivity contribution is -0.144. The lowest BCUT2D eigenvalue weighted by Crippen LogP contribution is -2.33. The molecule has 62 valence electrons. The third-order valence-corrected chi connectivity index (χ3v) is 2.19. The molecule has 0 heterocycles. The third-order valence-electron chi connectivity index (χ3n) is 2.19. The highest BCUT2D eigenvalue weighted by Crippen LogP contribution is 2.28. The summed E-state index contributed by atoms with van der Waals surface area (Å²) in [6, 6.07) is 0. The Labute approximate surface area is 62.3 Å². The maximum Gasteiger partial charge on any atom is 0.209 e. The first-order chi connectivity index (χ1) is 4.41. The quantitative estimate of drug-likeness (QED) is 0.651. The van der Waals surface area contributed by atoms with Crippen molar-refractivity contribution in [3.05, 3.63) is 0 Å². The Kier molecular flexibility index (Phi) is 3.29. The summed E-state index contributed by atoms with van der Waals surface area (Å²) in [4.78, 5) is 0. The van der Waals surface area contributed by atoms with Crippen molar-refractivity contribution in [2.45, 2.75) is 40.0 Å². The minimum atomic E-state index is -1.98. The van der Waals surface area contributed by atoms with Gasteiger partial charge in [-0.3, -0.25) is 0 Å². The van der Waals surface area contributed by atoms with Gasteiger partial charge in [-0.15, -0.1) is 0 Å². The maximum absolute atomic E-state index is 13.0. The van der Waals surface area contributed by atoms with Gasteiger partial charge in [0.2, 0.25) is 5.85 Å². The van der Waals surface area contributed by atoms with Crippen LogP contribution in [0, 0.1) is 11.8 Å². The summed E-state index contributed by atoms with van der Waals surface area (Å²) in [6.45, 7) is 7.20. The Morgan fingerprint density at radius 3 is 1.90 bits per heavy atom. The number of rotatable bonds is 3. The normalized spacial score (nSPS) is 20.7. The van der Waals surface area contributed by atoms with Crippen molar-refractivity contribution in [1.29, 1.82) is 0 Å². The Bertz CT molecular complexity index is 99.4. The Hall–Kier alpha value is -0.110. The van der Waals surface area contributed by atoms with Gasteiger partial charge in [0, 0.05) is 12.3 Å². The predicted molar refractivity (Wildman–Crippen MR) is 40.4 cm³/mol. The molecule has 0 saturated carbocycles. The second-order valence-electron chi connectivity index (χ2n) is 3.20. The average molecular weight is 148 g/mol. The Morgan fingerprint density at radius 1 is 1.40 bits per heavy atom. The molecule has 0 amide bonds. The van der Waals surface area contributed by atoms with Gasteiger partial charge in [0.25, 0.3) is 0 Å². The van der Waals surface area contributed by atoms with Crippen LogP contribution in [0.5, 0.6) is 0 Å². The van der Waals surface area contributed by atoms with Crippen molar-refractivity contribution in [1.82, 2.24) is 0 Å². The molecular weight excluding hydrogens is 131 g/mol. The Balaban J connectivity index is 4.03. The molecule has 10 heavy (non-hydrogen) atoms. The van der Waals surface area contributed by atoms with Crippen molar-refractivity contribution >= 4 is 0 Å². The first kappa shape index (κ1) is 9.89. The summed E-state index contributed by atoms with van der Waals surface area (Å²) in [5, 5.41) is 9.10. The monoisotopic (exact) mass is 148 g/mol. The minimum Gasteiger partial charge on any atom is -0.361 e. The fourth-order valence-corrected chi connectivity index (χ4v) is 0.833. The second kappa shape index (κ2) is 3.33. The van der Waals surface area contributed by atoms with Crippen LogP contribution in [0.25, 0.3) is 0 Å². The smallest absolute Gasteiger partial charge is 0.209 e. The van der Waals surface area contributed by atoms with Crippen LogP contribution < -0.4 is 0 Å². The van der Waals surface area contributed by atoms with E-state index in [4.69, 9.17) is 5.11 Å². The zero-order valence-electron chi connectivity index (χ0n) is 7.19. The molecule has 0 aliphatic rings. The number of aliphatic hydroxyl groups is 1. The van der Waals surface area contributed by atoms with Crippen LogP contribution in [0.15, 0.2) is 0 Å². The molecule has 0 rings (SSSR count). The molecule has 0 bridgehead atoms. The Morgan fingerprint density at radius 2 is 1.80 bits per heavy atom. The number of alkyl halides is 1. The molecule has 0 aromatic heterocycles. The van der Waals surface area contributed by atoms with E-state index in [1.807, 2.05) is 13.8 Å². The third kappa shape index (κ3) is 2.25. The summed E-state index contributed by atoms with van der Waals surface area (Å²) < 4.78 is 13.0. The van der Waals surface area contributed by atoms with Crippen LogP contribution in [-0.2, 0) is 0 Å². The highest BCUT2D eigenvalue weighted by atomic mass is 19.2. The van der Waals surface area contributed by atoms with Crippen LogP contribution in [0.1, 0.15) is 34.1 Å². The molecule has 0 spiro atoms. The van der Waals surface area contributed by atoms with Crippen molar-refractivity contribution < 1.29 is 9.50 Å². The van der Waals surface area contributed by atoms with E-state index in [1.165, 1.54) is 0 Å². The van der Waals surface area contributed by atoms with Crippen LogP contribution in [-0.4, -0.2) is 11.0 Å². The molecule has 0 aliphatic heterocycles. The zero-order valence-corrected chi connectivity index (χ0v) is 7.19. The largest absolute Gasteiger partial charge is 0.361 e. The van der Waals surface area contributed by atoms with Gasteiger partial charge in [0.15, 0.2) is 0 Å². The highest BCUT2D eigenvalue weighted by Gasteiger charge is 2.32. The number of halogens is 1. The molecule has 0 fully saturated rings. The lowest BCUT2D eigenvalue weighted by atomic mass is 9.89. The van der Waals surface area contributed by atoms with Crippen LogP contribution in [0.4, 0.5) is 4.39 Å². The summed E-state index contributed by atoms with van der Waals surface area (Å²) in [5.41, 5.74) is 0. The van der Waals surface area contributed by atoms with Gasteiger partial charge in [0.05, 0.1) is 0 Å². The first-order valence-electron chi connectivity index (χ1n) is 3.83. The van der Waals surface area contributed by atoms with Gasteiger partial charge in [-0.2, -0.15) is 0 Å². The average Bonchev–Trinajstić information content (AvgIpc) is 1.86. The molecular formula is C8H17FO. The zero-order chi connectivity index (χ0) is 8.36. The molecule has 2 unspecified atom stereocenters. The molecule has 0 aliphatic carbocycles. The van der Waals surface area contributed by atoms with Crippen LogP contribution in [0.3, 0.4) is 0 Å². The van der Waals surface area contributed by atoms with Crippen molar-refractivity contribution in [2.75, 3.05) is 0 Å². The van der Waals surface area contributed by atoms with Gasteiger partial charge >= 0.3 is 0 Å². The van der Waals surface area contributed by atoms with E-state index in [2.05, 4.69) is 0 Å². The van der Waals surface area contributed by atoms with Crippen LogP contribution in [0.2, 0.25) is 0 Å². The van der Waals surface area contributed by atoms with Crippen molar-refractivity contribution in [2.24, 2.45) is 11.8 Å². The van der Waals surface area contributed by atoms with Crippen molar-refractivity contribution in [3.8, 4) is 0 Å². The van der Waals surface area contributed by atoms with E-state index >= 15 is 0 Å². The van der Waals surface area contributed by atoms with Crippen LogP contribution >= 0.6 is 0 Å². The molecule has 1 nitrogen and oxygen atoms in total. The van der Waals surface area contributed by atoms with E-state index in [1.54, 1.807) is 13.8 Å². The molecule has 0 saturated heterocycles. The number of hydrogen-bond donors (Lipinski definition) is 1. The standard InChI is InChI=1S/C8H17FO/c1-5-8(9,10)7(4)6(2)3/h6-7,10H,5H2,1-4H3. The van der Waals surface area contributed by atoms with E-state index in [0.29, 0.717) is 0 Å². The number of hydrogen-bond acceptors (Lipinski definition) is 1. The molecule has 2 atom stereocenters. The SMILES string of the molecule is CCC(O)(F)C(C)C(C)C. The lowest BCUT2D eigenvalue weighted by Gasteiger charge is -2.27. The second-order valence-corrected chi connectivity index (χ2v) is 3.20. The van der Waals surface area contributed by atoms with Gasteiger partial charge < -0.3 is 5.11 Å². The summed E-state index contributed by atoms with van der Waals surface area (Å²) in [5.74, 6) is -2.07. The summed E-state index contributed by atoms with van der Waals surface area (Å²) in [7, 11) is 0. The van der Waals surface area contributed by atoms with Gasteiger partial charge in [-0.1, -0.05) is 27.7 Å². The molecule has 1 N–H and O–H groups in total. The van der Waals surface area contributed by atoms with E-state index in [-0.39, 0.29) is 18.3 Å². The highest BCUT2D eigenvalue weighted by molar-refractivity contribution is 4.73. The van der Waals surface area contributed by atoms with E-state index < -0.39 is 5.85 Å². The first-order valence-corrected chi connectivity index (χ1v) is 3.83. The molecule has 2 heteroatoms. The molecule has 0 radical (unpaired) electrons. The van der Waals surface area contributed by atoms with Crippen molar-refractivity contribution in [3.63, 3.8) is 0 Å². The van der Waals surface area contributed by atoms with Gasteiger partial charge in [-0.25, -0.2) is 4.39 Å².